The second-order valence-corrected chi connectivity index (χ2v) is 3.12. The quantitative estimate of drug-likeness (QED) is 0.603. The second-order valence-electron chi connectivity index (χ2n) is 3.12. The highest BCUT2D eigenvalue weighted by atomic mass is 19.3. The number of aliphatic hydroxyl groups is 1. The van der Waals surface area contributed by atoms with Crippen molar-refractivity contribution < 1.29 is 18.7 Å². The molecular formula is C7H12F2N2O2. The summed E-state index contributed by atoms with van der Waals surface area (Å²) in [5, 5.41) is 8.75. The normalized spacial score (nSPS) is 26.5. The number of rotatable bonds is 2. The van der Waals surface area contributed by atoms with E-state index in [1.54, 1.807) is 0 Å². The molecule has 0 aliphatic carbocycles. The van der Waals surface area contributed by atoms with Gasteiger partial charge >= 0.3 is 0 Å². The number of carbonyl (C=O) groups excluding carboxylic acids is 1. The van der Waals surface area contributed by atoms with Gasteiger partial charge in [0, 0.05) is 6.42 Å². The Morgan fingerprint density at radius 2 is 2.31 bits per heavy atom. The molecule has 3 N–H and O–H groups in total. The van der Waals surface area contributed by atoms with Crippen LogP contribution in [0.15, 0.2) is 0 Å². The van der Waals surface area contributed by atoms with Crippen LogP contribution in [0.4, 0.5) is 8.78 Å². The van der Waals surface area contributed by atoms with Crippen molar-refractivity contribution in [3.05, 3.63) is 0 Å². The van der Waals surface area contributed by atoms with Crippen molar-refractivity contribution in [2.45, 2.75) is 18.4 Å². The standard InChI is InChI=1S/C7H12F2N2O2/c8-7(9)1-5(3-12)11(4-7)6(13)2-10/h5,12H,1-4,10H2/t5-/m0/s1. The summed E-state index contributed by atoms with van der Waals surface area (Å²) in [5.41, 5.74) is 5.04. The molecule has 0 aromatic heterocycles. The molecule has 1 aliphatic rings. The Morgan fingerprint density at radius 3 is 2.77 bits per heavy atom. The van der Waals surface area contributed by atoms with Crippen LogP contribution in [0.3, 0.4) is 0 Å². The first-order chi connectivity index (χ1) is 6.00. The van der Waals surface area contributed by atoms with Crippen LogP contribution in [0, 0.1) is 0 Å². The van der Waals surface area contributed by atoms with Gasteiger partial charge in [0.2, 0.25) is 5.91 Å². The van der Waals surface area contributed by atoms with E-state index in [2.05, 4.69) is 0 Å². The van der Waals surface area contributed by atoms with Crippen molar-refractivity contribution >= 4 is 5.91 Å². The molecule has 1 rings (SSSR count). The van der Waals surface area contributed by atoms with Gasteiger partial charge in [-0.15, -0.1) is 0 Å². The van der Waals surface area contributed by atoms with E-state index in [9.17, 15) is 13.6 Å². The lowest BCUT2D eigenvalue weighted by Gasteiger charge is -2.21. The van der Waals surface area contributed by atoms with Crippen molar-refractivity contribution in [1.82, 2.24) is 4.90 Å². The van der Waals surface area contributed by atoms with Crippen molar-refractivity contribution in [2.24, 2.45) is 5.73 Å². The molecule has 76 valence electrons. The van der Waals surface area contributed by atoms with Crippen LogP contribution in [0.2, 0.25) is 0 Å². The lowest BCUT2D eigenvalue weighted by atomic mass is 10.2. The monoisotopic (exact) mass is 194 g/mol. The van der Waals surface area contributed by atoms with Crippen LogP contribution in [-0.2, 0) is 4.79 Å². The third kappa shape index (κ3) is 2.13. The van der Waals surface area contributed by atoms with Crippen molar-refractivity contribution in [3.8, 4) is 0 Å². The molecule has 0 radical (unpaired) electrons. The first kappa shape index (κ1) is 10.3. The molecule has 1 heterocycles. The van der Waals surface area contributed by atoms with E-state index in [4.69, 9.17) is 10.8 Å². The van der Waals surface area contributed by atoms with Gasteiger partial charge in [-0.3, -0.25) is 4.79 Å². The van der Waals surface area contributed by atoms with Gasteiger partial charge in [0.15, 0.2) is 0 Å². The Hall–Kier alpha value is -0.750. The zero-order valence-corrected chi connectivity index (χ0v) is 7.04. The van der Waals surface area contributed by atoms with Gasteiger partial charge in [-0.25, -0.2) is 8.78 Å². The molecule has 0 aromatic carbocycles. The third-order valence-corrected chi connectivity index (χ3v) is 2.08. The summed E-state index contributed by atoms with van der Waals surface area (Å²) in [6.07, 6.45) is -0.477. The van der Waals surface area contributed by atoms with E-state index >= 15 is 0 Å². The minimum Gasteiger partial charge on any atom is -0.394 e. The fourth-order valence-corrected chi connectivity index (χ4v) is 1.47. The SMILES string of the molecule is NCC(=O)N1CC(F)(F)C[C@H]1CO. The summed E-state index contributed by atoms with van der Waals surface area (Å²) in [6, 6.07) is -0.786. The molecule has 0 saturated carbocycles. The average molecular weight is 194 g/mol. The van der Waals surface area contributed by atoms with Gasteiger partial charge in [-0.05, 0) is 0 Å². The van der Waals surface area contributed by atoms with E-state index in [1.807, 2.05) is 0 Å². The Labute approximate surface area is 74.3 Å². The van der Waals surface area contributed by atoms with Gasteiger partial charge in [0.25, 0.3) is 5.92 Å². The minimum atomic E-state index is -2.89. The van der Waals surface area contributed by atoms with E-state index in [1.165, 1.54) is 0 Å². The number of nitrogens with zero attached hydrogens (tertiary/aromatic N) is 1. The van der Waals surface area contributed by atoms with Crippen LogP contribution in [0.25, 0.3) is 0 Å². The Bertz CT molecular complexity index is 211. The molecule has 6 heteroatoms. The number of carbonyl (C=O) groups is 1. The average Bonchev–Trinajstić information content (AvgIpc) is 2.39. The smallest absolute Gasteiger partial charge is 0.267 e. The summed E-state index contributed by atoms with van der Waals surface area (Å²) in [4.78, 5) is 12.0. The van der Waals surface area contributed by atoms with Gasteiger partial charge in [0.1, 0.15) is 0 Å². The predicted molar refractivity (Wildman–Crippen MR) is 41.2 cm³/mol. The van der Waals surface area contributed by atoms with E-state index < -0.39 is 37.4 Å². The number of aliphatic hydroxyl groups excluding tert-OH is 1. The van der Waals surface area contributed by atoms with Crippen LogP contribution in [0.5, 0.6) is 0 Å². The summed E-state index contributed by atoms with van der Waals surface area (Å²) < 4.78 is 25.6. The van der Waals surface area contributed by atoms with Gasteiger partial charge in [-0.1, -0.05) is 0 Å². The summed E-state index contributed by atoms with van der Waals surface area (Å²) in [5.74, 6) is -3.44. The molecular weight excluding hydrogens is 182 g/mol. The summed E-state index contributed by atoms with van der Waals surface area (Å²) in [7, 11) is 0. The molecule has 0 unspecified atom stereocenters. The molecule has 1 fully saturated rings. The summed E-state index contributed by atoms with van der Waals surface area (Å²) in [6.45, 7) is -1.37. The largest absolute Gasteiger partial charge is 0.394 e. The van der Waals surface area contributed by atoms with Crippen molar-refractivity contribution in [2.75, 3.05) is 19.7 Å². The maximum Gasteiger partial charge on any atom is 0.267 e. The van der Waals surface area contributed by atoms with E-state index in [-0.39, 0.29) is 6.54 Å². The molecule has 1 saturated heterocycles. The number of amides is 1. The highest BCUT2D eigenvalue weighted by Crippen LogP contribution is 2.31. The Kier molecular flexibility index (Phi) is 2.82. The minimum absolute atomic E-state index is 0.299. The number of alkyl halides is 2. The van der Waals surface area contributed by atoms with Crippen LogP contribution < -0.4 is 5.73 Å². The fourth-order valence-electron chi connectivity index (χ4n) is 1.47. The number of nitrogens with two attached hydrogens (primary N) is 1. The molecule has 0 spiro atoms. The zero-order valence-electron chi connectivity index (χ0n) is 7.04. The maximum absolute atomic E-state index is 12.8. The maximum atomic E-state index is 12.8. The lowest BCUT2D eigenvalue weighted by Crippen LogP contribution is -2.41. The number of likely N-dealkylation sites (tertiary alicyclic amines) is 1. The summed E-state index contributed by atoms with van der Waals surface area (Å²) >= 11 is 0. The highest BCUT2D eigenvalue weighted by molar-refractivity contribution is 5.78. The second kappa shape index (κ2) is 3.55. The van der Waals surface area contributed by atoms with Crippen molar-refractivity contribution in [3.63, 3.8) is 0 Å². The lowest BCUT2D eigenvalue weighted by molar-refractivity contribution is -0.132. The van der Waals surface area contributed by atoms with Gasteiger partial charge < -0.3 is 15.7 Å². The third-order valence-electron chi connectivity index (χ3n) is 2.08. The first-order valence-electron chi connectivity index (χ1n) is 3.98. The van der Waals surface area contributed by atoms with Gasteiger partial charge in [-0.2, -0.15) is 0 Å². The Balaban J connectivity index is 2.69. The zero-order chi connectivity index (χ0) is 10.1. The first-order valence-corrected chi connectivity index (χ1v) is 3.98. The van der Waals surface area contributed by atoms with E-state index in [0.717, 1.165) is 4.90 Å². The highest BCUT2D eigenvalue weighted by Gasteiger charge is 2.46. The number of halogens is 2. The predicted octanol–water partition coefficient (Wildman–Crippen LogP) is -0.826. The van der Waals surface area contributed by atoms with Crippen LogP contribution in [0.1, 0.15) is 6.42 Å². The number of hydrogen-bond donors (Lipinski definition) is 2. The van der Waals surface area contributed by atoms with Gasteiger partial charge in [0.05, 0.1) is 25.7 Å². The molecule has 13 heavy (non-hydrogen) atoms. The molecule has 4 nitrogen and oxygen atoms in total. The van der Waals surface area contributed by atoms with Crippen LogP contribution in [-0.4, -0.2) is 47.6 Å². The Morgan fingerprint density at radius 1 is 1.69 bits per heavy atom. The topological polar surface area (TPSA) is 66.6 Å². The van der Waals surface area contributed by atoms with E-state index in [0.29, 0.717) is 0 Å². The van der Waals surface area contributed by atoms with Crippen molar-refractivity contribution in [1.29, 1.82) is 0 Å². The molecule has 1 amide bonds. The molecule has 0 bridgehead atoms. The van der Waals surface area contributed by atoms with Crippen LogP contribution >= 0.6 is 0 Å². The molecule has 1 aliphatic heterocycles. The number of hydrogen-bond acceptors (Lipinski definition) is 3. The molecule has 1 atom stereocenters. The fraction of sp³-hybridized carbons (Fsp3) is 0.857. The molecule has 0 aromatic rings.